The number of ether oxygens (including phenoxy) is 2. The maximum atomic E-state index is 7.09. The van der Waals surface area contributed by atoms with E-state index in [1.54, 1.807) is 0 Å². The number of nitrogens with zero attached hydrogens (tertiary/aromatic N) is 1. The zero-order valence-electron chi connectivity index (χ0n) is 35.1. The molecule has 3 heterocycles. The minimum absolute atomic E-state index is 0.101. The highest BCUT2D eigenvalue weighted by atomic mass is 16.5. The van der Waals surface area contributed by atoms with Crippen molar-refractivity contribution < 1.29 is 9.47 Å². The van der Waals surface area contributed by atoms with E-state index in [2.05, 4.69) is 223 Å². The number of hydrogen-bond donors (Lipinski definition) is 0. The van der Waals surface area contributed by atoms with E-state index < -0.39 is 5.41 Å². The summed E-state index contributed by atoms with van der Waals surface area (Å²) < 4.78 is 16.6. The van der Waals surface area contributed by atoms with E-state index in [4.69, 9.17) is 9.47 Å². The van der Waals surface area contributed by atoms with Crippen LogP contribution in [-0.2, 0) is 5.41 Å². The predicted octanol–water partition coefficient (Wildman–Crippen LogP) is 13.2. The van der Waals surface area contributed by atoms with Gasteiger partial charge in [0.1, 0.15) is 23.0 Å². The lowest BCUT2D eigenvalue weighted by molar-refractivity contribution is 0.464. The summed E-state index contributed by atoms with van der Waals surface area (Å²) in [6, 6.07) is 80.0. The summed E-state index contributed by atoms with van der Waals surface area (Å²) in [6.45, 7) is -0.101. The summed E-state index contributed by atoms with van der Waals surface area (Å²) >= 11 is 0. The summed E-state index contributed by atoms with van der Waals surface area (Å²) in [5.74, 6) is 3.35. The van der Waals surface area contributed by atoms with Gasteiger partial charge < -0.3 is 14.0 Å². The predicted molar refractivity (Wildman–Crippen MR) is 266 cm³/mol. The van der Waals surface area contributed by atoms with E-state index in [1.165, 1.54) is 66.4 Å². The largest absolute Gasteiger partial charge is 0.458 e. The van der Waals surface area contributed by atoms with E-state index in [-0.39, 0.29) is 6.71 Å². The van der Waals surface area contributed by atoms with Gasteiger partial charge in [-0.05, 0) is 108 Å². The van der Waals surface area contributed by atoms with Crippen molar-refractivity contribution in [1.82, 2.24) is 4.57 Å². The Hall–Kier alpha value is -8.34. The molecule has 2 aliphatic heterocycles. The first kappa shape index (κ1) is 35.2. The molecule has 4 aliphatic rings. The Morgan fingerprint density at radius 3 is 1.40 bits per heavy atom. The Morgan fingerprint density at radius 1 is 0.338 bits per heavy atom. The Balaban J connectivity index is 0.983. The molecule has 0 saturated heterocycles. The Bertz CT molecular complexity index is 3690. The highest BCUT2D eigenvalue weighted by molar-refractivity contribution is 6.98. The van der Waals surface area contributed by atoms with E-state index >= 15 is 0 Å². The SMILES string of the molecule is c1ccc(-c2ccc3c(c2)B2c4cc(-c5ccccc5)ccc4Oc4cc(-n5c6ccccc6c6cc7c(cc65)C5(c6ccccc6-c6ccccc65)c5ccccc5-7)cc(c42)O3)cc1. The molecule has 1 spiro atoms. The monoisotopic (exact) mass is 825 g/mol. The van der Waals surface area contributed by atoms with Crippen LogP contribution in [-0.4, -0.2) is 11.3 Å². The molecule has 2 aliphatic carbocycles. The van der Waals surface area contributed by atoms with Crippen LogP contribution in [0.2, 0.25) is 0 Å². The molecule has 65 heavy (non-hydrogen) atoms. The van der Waals surface area contributed by atoms with Gasteiger partial charge in [0.2, 0.25) is 0 Å². The molecule has 0 saturated carbocycles. The van der Waals surface area contributed by atoms with Crippen LogP contribution in [0.3, 0.4) is 0 Å². The van der Waals surface area contributed by atoms with Crippen LogP contribution in [0.25, 0.3) is 72.0 Å². The maximum absolute atomic E-state index is 7.09. The van der Waals surface area contributed by atoms with Gasteiger partial charge in [0.25, 0.3) is 6.71 Å². The molecule has 11 aromatic rings. The quantitative estimate of drug-likeness (QED) is 0.166. The van der Waals surface area contributed by atoms with Gasteiger partial charge in [-0.25, -0.2) is 0 Å². The van der Waals surface area contributed by atoms with Crippen LogP contribution >= 0.6 is 0 Å². The fourth-order valence-electron chi connectivity index (χ4n) is 12.1. The first-order valence-electron chi connectivity index (χ1n) is 22.5. The van der Waals surface area contributed by atoms with Crippen molar-refractivity contribution in [1.29, 1.82) is 0 Å². The first-order chi connectivity index (χ1) is 32.2. The van der Waals surface area contributed by atoms with Crippen molar-refractivity contribution in [2.24, 2.45) is 0 Å². The number of rotatable bonds is 3. The minimum atomic E-state index is -0.458. The molecule has 0 unspecified atom stereocenters. The summed E-state index contributed by atoms with van der Waals surface area (Å²) in [7, 11) is 0. The number of aromatic nitrogens is 1. The van der Waals surface area contributed by atoms with Gasteiger partial charge in [-0.1, -0.05) is 176 Å². The fraction of sp³-hybridized carbons (Fsp3) is 0.0164. The molecule has 300 valence electrons. The van der Waals surface area contributed by atoms with Crippen LogP contribution in [0, 0.1) is 0 Å². The Labute approximate surface area is 376 Å². The van der Waals surface area contributed by atoms with Crippen LogP contribution < -0.4 is 25.9 Å². The molecule has 4 heteroatoms. The standard InChI is InChI=1S/C61H36BNO2/c1-3-15-37(16-4-1)39-27-29-56-52(31-39)62-53-32-40(38-17-5-2-6-18-38)28-30-57(53)65-59-34-41(33-58(64-56)60(59)62)63-54-26-14-10-22-45(54)47-35-46-44-21-9-13-25-50(44)61(51(46)36-55(47)63)48-23-11-7-19-42(48)43-20-8-12-24-49(43)61/h1-36H. The zero-order chi connectivity index (χ0) is 42.4. The van der Waals surface area contributed by atoms with Crippen LogP contribution in [0.4, 0.5) is 0 Å². The van der Waals surface area contributed by atoms with Crippen LogP contribution in [0.1, 0.15) is 22.3 Å². The van der Waals surface area contributed by atoms with Gasteiger partial charge in [0.15, 0.2) is 0 Å². The number of benzene rings is 10. The second kappa shape index (κ2) is 12.9. The summed E-state index contributed by atoms with van der Waals surface area (Å²) in [5.41, 5.74) is 21.3. The zero-order valence-corrected chi connectivity index (χ0v) is 35.1. The fourth-order valence-corrected chi connectivity index (χ4v) is 12.1. The molecule has 3 nitrogen and oxygen atoms in total. The third-order valence-corrected chi connectivity index (χ3v) is 14.7. The van der Waals surface area contributed by atoms with Crippen molar-refractivity contribution in [2.75, 3.05) is 0 Å². The molecule has 10 aromatic carbocycles. The molecule has 15 rings (SSSR count). The van der Waals surface area contributed by atoms with Crippen LogP contribution in [0.5, 0.6) is 23.0 Å². The lowest BCUT2D eigenvalue weighted by atomic mass is 9.34. The van der Waals surface area contributed by atoms with Gasteiger partial charge in [0.05, 0.1) is 22.1 Å². The van der Waals surface area contributed by atoms with Gasteiger partial charge in [-0.2, -0.15) is 0 Å². The topological polar surface area (TPSA) is 23.4 Å². The van der Waals surface area contributed by atoms with E-state index in [0.29, 0.717) is 0 Å². The van der Waals surface area contributed by atoms with Gasteiger partial charge in [0, 0.05) is 28.4 Å². The molecule has 0 fully saturated rings. The molecular formula is C61H36BNO2. The number of hydrogen-bond acceptors (Lipinski definition) is 2. The third kappa shape index (κ3) is 4.65. The average molecular weight is 826 g/mol. The normalized spacial score (nSPS) is 13.9. The Kier molecular flexibility index (Phi) is 6.96. The highest BCUT2D eigenvalue weighted by Gasteiger charge is 2.52. The van der Waals surface area contributed by atoms with Crippen molar-refractivity contribution in [3.05, 3.63) is 241 Å². The number of fused-ring (bicyclic) bond motifs is 17. The molecule has 0 bridgehead atoms. The average Bonchev–Trinajstić information content (AvgIpc) is 3.97. The minimum Gasteiger partial charge on any atom is -0.458 e. The van der Waals surface area contributed by atoms with Gasteiger partial charge in [-0.3, -0.25) is 0 Å². The van der Waals surface area contributed by atoms with Crippen molar-refractivity contribution >= 4 is 44.9 Å². The van der Waals surface area contributed by atoms with E-state index in [9.17, 15) is 0 Å². The van der Waals surface area contributed by atoms with E-state index in [0.717, 1.165) is 67.2 Å². The van der Waals surface area contributed by atoms with Crippen molar-refractivity contribution in [2.45, 2.75) is 5.41 Å². The Morgan fingerprint density at radius 2 is 0.831 bits per heavy atom. The summed E-state index contributed by atoms with van der Waals surface area (Å²) in [4.78, 5) is 0. The van der Waals surface area contributed by atoms with Crippen molar-refractivity contribution in [3.63, 3.8) is 0 Å². The summed E-state index contributed by atoms with van der Waals surface area (Å²) in [5, 5.41) is 2.43. The lowest BCUT2D eigenvalue weighted by Gasteiger charge is -2.34. The van der Waals surface area contributed by atoms with E-state index in [1.807, 2.05) is 0 Å². The number of para-hydroxylation sites is 1. The highest BCUT2D eigenvalue weighted by Crippen LogP contribution is 2.63. The third-order valence-electron chi connectivity index (χ3n) is 14.7. The molecule has 0 N–H and O–H groups in total. The smallest absolute Gasteiger partial charge is 0.260 e. The maximum Gasteiger partial charge on any atom is 0.260 e. The first-order valence-corrected chi connectivity index (χ1v) is 22.5. The molecule has 1 aromatic heterocycles. The second-order valence-corrected chi connectivity index (χ2v) is 17.9. The van der Waals surface area contributed by atoms with Gasteiger partial charge in [-0.15, -0.1) is 0 Å². The lowest BCUT2D eigenvalue weighted by Crippen LogP contribution is -2.57. The molecule has 0 amide bonds. The molecule has 0 atom stereocenters. The van der Waals surface area contributed by atoms with Gasteiger partial charge >= 0.3 is 0 Å². The summed E-state index contributed by atoms with van der Waals surface area (Å²) in [6.07, 6.45) is 0. The molecular weight excluding hydrogens is 789 g/mol. The van der Waals surface area contributed by atoms with Crippen LogP contribution in [0.15, 0.2) is 218 Å². The second-order valence-electron chi connectivity index (χ2n) is 17.9. The molecule has 0 radical (unpaired) electrons. The van der Waals surface area contributed by atoms with Crippen molar-refractivity contribution in [3.8, 4) is 73.2 Å².